The molecule has 0 fully saturated rings. The molecule has 2 rings (SSSR count). The van der Waals surface area contributed by atoms with Crippen LogP contribution in [0.3, 0.4) is 0 Å². The molecule has 0 amide bonds. The van der Waals surface area contributed by atoms with Crippen molar-refractivity contribution in [1.29, 1.82) is 0 Å². The molecular formula is C11H10FN2. The molecule has 2 nitrogen and oxygen atoms in total. The molecule has 71 valence electrons. The quantitative estimate of drug-likeness (QED) is 0.709. The lowest BCUT2D eigenvalue weighted by molar-refractivity contribution is 0.556. The van der Waals surface area contributed by atoms with E-state index >= 15 is 0 Å². The topological polar surface area (TPSA) is 17.8 Å². The Morgan fingerprint density at radius 3 is 3.00 bits per heavy atom. The van der Waals surface area contributed by atoms with Crippen LogP contribution in [-0.4, -0.2) is 9.78 Å². The van der Waals surface area contributed by atoms with E-state index in [0.29, 0.717) is 0 Å². The highest BCUT2D eigenvalue weighted by Gasteiger charge is 2.07. The van der Waals surface area contributed by atoms with Crippen molar-refractivity contribution in [3.63, 3.8) is 0 Å². The van der Waals surface area contributed by atoms with Crippen molar-refractivity contribution in [3.8, 4) is 0 Å². The Kier molecular flexibility index (Phi) is 2.31. The third-order valence-corrected chi connectivity index (χ3v) is 2.20. The Morgan fingerprint density at radius 2 is 2.36 bits per heavy atom. The molecule has 14 heavy (non-hydrogen) atoms. The summed E-state index contributed by atoms with van der Waals surface area (Å²) < 4.78 is 14.7. The molecule has 1 unspecified atom stereocenters. The Balaban J connectivity index is 2.32. The van der Waals surface area contributed by atoms with Gasteiger partial charge in [0.2, 0.25) is 0 Å². The molecule has 1 atom stereocenters. The summed E-state index contributed by atoms with van der Waals surface area (Å²) in [7, 11) is 0. The summed E-state index contributed by atoms with van der Waals surface area (Å²) in [6.07, 6.45) is 3.34. The number of hydrogen-bond donors (Lipinski definition) is 0. The van der Waals surface area contributed by atoms with E-state index in [-0.39, 0.29) is 11.9 Å². The van der Waals surface area contributed by atoms with E-state index in [9.17, 15) is 4.39 Å². The van der Waals surface area contributed by atoms with Crippen LogP contribution in [0.4, 0.5) is 4.39 Å². The maximum Gasteiger partial charge on any atom is 0.123 e. The zero-order valence-corrected chi connectivity index (χ0v) is 7.81. The van der Waals surface area contributed by atoms with Crippen molar-refractivity contribution >= 4 is 0 Å². The average Bonchev–Trinajstić information content (AvgIpc) is 2.69. The highest BCUT2D eigenvalue weighted by molar-refractivity contribution is 5.20. The van der Waals surface area contributed by atoms with Gasteiger partial charge in [0.05, 0.1) is 12.2 Å². The second-order valence-electron chi connectivity index (χ2n) is 3.15. The minimum absolute atomic E-state index is 0.0388. The Labute approximate surface area is 82.0 Å². The number of benzene rings is 1. The maximum atomic E-state index is 12.9. The zero-order chi connectivity index (χ0) is 9.97. The first-order valence-corrected chi connectivity index (χ1v) is 4.43. The molecule has 1 aromatic heterocycles. The molecule has 0 N–H and O–H groups in total. The zero-order valence-electron chi connectivity index (χ0n) is 7.81. The number of nitrogens with zero attached hydrogens (tertiary/aromatic N) is 2. The Bertz CT molecular complexity index is 409. The van der Waals surface area contributed by atoms with E-state index in [1.807, 2.05) is 13.0 Å². The molecule has 1 radical (unpaired) electrons. The predicted octanol–water partition coefficient (Wildman–Crippen LogP) is 2.43. The standard InChI is InChI=1S/C11H10FN2/c1-9(14-7-3-6-13-14)10-4-2-5-11(12)8-10/h2,4-9H,1H3. The number of halogens is 1. The van der Waals surface area contributed by atoms with Crippen molar-refractivity contribution in [2.45, 2.75) is 13.0 Å². The van der Waals surface area contributed by atoms with E-state index in [2.05, 4.69) is 11.2 Å². The first kappa shape index (κ1) is 8.94. The fourth-order valence-electron chi connectivity index (χ4n) is 1.37. The van der Waals surface area contributed by atoms with Gasteiger partial charge in [0.1, 0.15) is 5.82 Å². The lowest BCUT2D eigenvalue weighted by Crippen LogP contribution is -2.07. The van der Waals surface area contributed by atoms with E-state index in [1.165, 1.54) is 12.1 Å². The monoisotopic (exact) mass is 189 g/mol. The summed E-state index contributed by atoms with van der Waals surface area (Å²) in [4.78, 5) is 0. The molecule has 1 aromatic carbocycles. The first-order valence-electron chi connectivity index (χ1n) is 4.43. The second-order valence-corrected chi connectivity index (χ2v) is 3.15. The average molecular weight is 189 g/mol. The molecule has 0 saturated carbocycles. The largest absolute Gasteiger partial charge is 0.265 e. The van der Waals surface area contributed by atoms with Crippen LogP contribution < -0.4 is 0 Å². The van der Waals surface area contributed by atoms with Gasteiger partial charge in [-0.3, -0.25) is 4.68 Å². The van der Waals surface area contributed by atoms with E-state index in [4.69, 9.17) is 0 Å². The van der Waals surface area contributed by atoms with Crippen LogP contribution >= 0.6 is 0 Å². The fourth-order valence-corrected chi connectivity index (χ4v) is 1.37. The number of hydrogen-bond acceptors (Lipinski definition) is 1. The lowest BCUT2D eigenvalue weighted by atomic mass is 10.1. The van der Waals surface area contributed by atoms with Gasteiger partial charge in [0, 0.05) is 12.3 Å². The van der Waals surface area contributed by atoms with Crippen LogP contribution in [0.25, 0.3) is 0 Å². The fraction of sp³-hybridized carbons (Fsp3) is 0.182. The molecule has 0 aliphatic heterocycles. The SMILES string of the molecule is CC(c1cccc(F)c1)n1c[c]cn1. The Morgan fingerprint density at radius 1 is 1.50 bits per heavy atom. The number of rotatable bonds is 2. The van der Waals surface area contributed by atoms with Crippen LogP contribution in [0.2, 0.25) is 0 Å². The van der Waals surface area contributed by atoms with Crippen LogP contribution in [0.5, 0.6) is 0 Å². The minimum Gasteiger partial charge on any atom is -0.265 e. The number of aromatic nitrogens is 2. The van der Waals surface area contributed by atoms with Crippen LogP contribution in [0, 0.1) is 11.9 Å². The van der Waals surface area contributed by atoms with Gasteiger partial charge in [0.15, 0.2) is 0 Å². The van der Waals surface area contributed by atoms with Gasteiger partial charge in [0.25, 0.3) is 0 Å². The van der Waals surface area contributed by atoms with Gasteiger partial charge < -0.3 is 0 Å². The molecule has 0 saturated heterocycles. The smallest absolute Gasteiger partial charge is 0.123 e. The van der Waals surface area contributed by atoms with Crippen molar-refractivity contribution < 1.29 is 4.39 Å². The summed E-state index contributed by atoms with van der Waals surface area (Å²) in [5.41, 5.74) is 0.905. The lowest BCUT2D eigenvalue weighted by Gasteiger charge is -2.12. The summed E-state index contributed by atoms with van der Waals surface area (Å²) >= 11 is 0. The molecular weight excluding hydrogens is 179 g/mol. The highest BCUT2D eigenvalue weighted by atomic mass is 19.1. The van der Waals surface area contributed by atoms with Gasteiger partial charge in [-0.1, -0.05) is 12.1 Å². The third-order valence-electron chi connectivity index (χ3n) is 2.20. The second kappa shape index (κ2) is 3.62. The third kappa shape index (κ3) is 1.66. The molecule has 0 spiro atoms. The normalized spacial score (nSPS) is 12.7. The van der Waals surface area contributed by atoms with Crippen molar-refractivity contribution in [1.82, 2.24) is 9.78 Å². The van der Waals surface area contributed by atoms with E-state index < -0.39 is 0 Å². The van der Waals surface area contributed by atoms with E-state index in [0.717, 1.165) is 5.56 Å². The molecule has 2 aromatic rings. The van der Waals surface area contributed by atoms with Crippen LogP contribution in [0.15, 0.2) is 36.7 Å². The van der Waals surface area contributed by atoms with Gasteiger partial charge in [-0.05, 0) is 24.6 Å². The summed E-state index contributed by atoms with van der Waals surface area (Å²) in [5.74, 6) is -0.217. The summed E-state index contributed by atoms with van der Waals surface area (Å²) in [6, 6.07) is 9.44. The molecule has 1 heterocycles. The van der Waals surface area contributed by atoms with Gasteiger partial charge in [-0.15, -0.1) is 0 Å². The van der Waals surface area contributed by atoms with Gasteiger partial charge in [-0.25, -0.2) is 4.39 Å². The van der Waals surface area contributed by atoms with Crippen molar-refractivity contribution in [2.24, 2.45) is 0 Å². The first-order chi connectivity index (χ1) is 6.77. The van der Waals surface area contributed by atoms with E-state index in [1.54, 1.807) is 23.1 Å². The van der Waals surface area contributed by atoms with Crippen molar-refractivity contribution in [3.05, 3.63) is 54.1 Å². The molecule has 3 heteroatoms. The summed E-state index contributed by atoms with van der Waals surface area (Å²) in [5, 5.41) is 4.06. The minimum atomic E-state index is -0.217. The highest BCUT2D eigenvalue weighted by Crippen LogP contribution is 2.16. The molecule has 0 bridgehead atoms. The van der Waals surface area contributed by atoms with Crippen molar-refractivity contribution in [2.75, 3.05) is 0 Å². The summed E-state index contributed by atoms with van der Waals surface area (Å²) in [6.45, 7) is 1.97. The molecule has 0 aliphatic rings. The van der Waals surface area contributed by atoms with Gasteiger partial charge in [-0.2, -0.15) is 5.10 Å². The van der Waals surface area contributed by atoms with Crippen LogP contribution in [-0.2, 0) is 0 Å². The molecule has 0 aliphatic carbocycles. The van der Waals surface area contributed by atoms with Crippen LogP contribution in [0.1, 0.15) is 18.5 Å². The predicted molar refractivity (Wildman–Crippen MR) is 51.3 cm³/mol. The van der Waals surface area contributed by atoms with Gasteiger partial charge >= 0.3 is 0 Å². The maximum absolute atomic E-state index is 12.9. The Hall–Kier alpha value is -1.64.